The maximum absolute atomic E-state index is 7.55. The monoisotopic (exact) mass is 896 g/mol. The molecule has 0 bridgehead atoms. The topological polar surface area (TPSA) is 54.0 Å². The molecule has 1 aromatic heterocycles. The van der Waals surface area contributed by atoms with Gasteiger partial charge >= 0.3 is 8.24 Å². The molecule has 1 heterocycles. The molecule has 0 saturated heterocycles. The minimum absolute atomic E-state index is 0.0245. The van der Waals surface area contributed by atoms with E-state index >= 15 is 0 Å². The van der Waals surface area contributed by atoms with Crippen LogP contribution in [0.1, 0.15) is 143 Å². The van der Waals surface area contributed by atoms with Gasteiger partial charge in [0.1, 0.15) is 37.2 Å². The van der Waals surface area contributed by atoms with Crippen LogP contribution < -0.4 is 13.8 Å². The van der Waals surface area contributed by atoms with Crippen molar-refractivity contribution in [3.05, 3.63) is 137 Å². The SMILES string of the molecule is CCCC(C)(Oc1cccc2ccccc12)POc1c(C(C)(C)C)cc(C(C)(C)C)c(C)c1-c1c(C)c(C(C)(C)C)cc(C(C)(C)C)c1Op1oc2ccccc2c2ccccc2o1. The van der Waals surface area contributed by atoms with Gasteiger partial charge in [0.2, 0.25) is 0 Å². The third-order valence-corrected chi connectivity index (χ3v) is 14.4. The molecule has 64 heavy (non-hydrogen) atoms. The normalized spacial score (nSPS) is 13.8. The van der Waals surface area contributed by atoms with Crippen LogP contribution in [0, 0.1) is 13.8 Å². The van der Waals surface area contributed by atoms with E-state index in [4.69, 9.17) is 22.2 Å². The molecule has 0 amide bonds. The molecular formula is C57H70O5P2. The Bertz CT molecular complexity index is 2810. The lowest BCUT2D eigenvalue weighted by Gasteiger charge is -2.36. The number of para-hydroxylation sites is 2. The van der Waals surface area contributed by atoms with Crippen LogP contribution in [0.25, 0.3) is 43.8 Å². The second-order valence-electron chi connectivity index (χ2n) is 21.9. The molecule has 0 aliphatic rings. The molecule has 338 valence electrons. The second-order valence-corrected chi connectivity index (χ2v) is 24.3. The Hall–Kier alpha value is -4.69. The highest BCUT2D eigenvalue weighted by molar-refractivity contribution is 7.34. The Labute approximate surface area is 385 Å². The van der Waals surface area contributed by atoms with Crippen molar-refractivity contribution in [2.24, 2.45) is 0 Å². The molecule has 0 N–H and O–H groups in total. The van der Waals surface area contributed by atoms with Gasteiger partial charge < -0.3 is 22.2 Å². The fraction of sp³-hybridized carbons (Fsp3) is 0.404. The lowest BCUT2D eigenvalue weighted by molar-refractivity contribution is 0.165. The summed E-state index contributed by atoms with van der Waals surface area (Å²) in [6.45, 7) is 36.5. The molecule has 0 saturated carbocycles. The van der Waals surface area contributed by atoms with Gasteiger partial charge in [-0.1, -0.05) is 181 Å². The first-order valence-electron chi connectivity index (χ1n) is 22.9. The van der Waals surface area contributed by atoms with Crippen LogP contribution in [-0.2, 0) is 21.7 Å². The summed E-state index contributed by atoms with van der Waals surface area (Å²) in [4.78, 5) is 0. The number of rotatable bonds is 10. The van der Waals surface area contributed by atoms with Crippen molar-refractivity contribution in [3.8, 4) is 28.4 Å². The van der Waals surface area contributed by atoms with Gasteiger partial charge in [0.05, 0.1) is 0 Å². The van der Waals surface area contributed by atoms with Crippen molar-refractivity contribution >= 4 is 49.8 Å². The Morgan fingerprint density at radius 1 is 0.516 bits per heavy atom. The number of ether oxygens (including phenoxy) is 1. The maximum atomic E-state index is 7.55. The van der Waals surface area contributed by atoms with Crippen molar-refractivity contribution < 1.29 is 22.2 Å². The Morgan fingerprint density at radius 2 is 0.953 bits per heavy atom. The molecule has 7 rings (SSSR count). The van der Waals surface area contributed by atoms with Gasteiger partial charge in [0.15, 0.2) is 5.34 Å². The highest BCUT2D eigenvalue weighted by Gasteiger charge is 2.37. The van der Waals surface area contributed by atoms with E-state index in [1.807, 2.05) is 36.4 Å². The summed E-state index contributed by atoms with van der Waals surface area (Å²) in [5.74, 6) is 2.49. The molecule has 6 aromatic carbocycles. The molecule has 0 aliphatic carbocycles. The van der Waals surface area contributed by atoms with E-state index in [2.05, 4.69) is 178 Å². The van der Waals surface area contributed by atoms with E-state index < -0.39 is 13.6 Å². The van der Waals surface area contributed by atoms with Crippen molar-refractivity contribution in [3.63, 3.8) is 0 Å². The number of benzene rings is 6. The number of hydrogen-bond acceptors (Lipinski definition) is 5. The van der Waals surface area contributed by atoms with E-state index in [0.29, 0.717) is 0 Å². The van der Waals surface area contributed by atoms with E-state index in [1.54, 1.807) is 0 Å². The average Bonchev–Trinajstić information content (AvgIpc) is 3.35. The van der Waals surface area contributed by atoms with Crippen LogP contribution in [0.4, 0.5) is 0 Å². The fourth-order valence-corrected chi connectivity index (χ4v) is 11.2. The Kier molecular flexibility index (Phi) is 13.0. The Morgan fingerprint density at radius 3 is 1.45 bits per heavy atom. The predicted octanol–water partition coefficient (Wildman–Crippen LogP) is 18.3. The fourth-order valence-electron chi connectivity index (χ4n) is 9.11. The van der Waals surface area contributed by atoms with Gasteiger partial charge in [-0.15, -0.1) is 0 Å². The van der Waals surface area contributed by atoms with Crippen LogP contribution >= 0.6 is 17.0 Å². The van der Waals surface area contributed by atoms with Gasteiger partial charge in [-0.25, -0.2) is 0 Å². The third-order valence-electron chi connectivity index (χ3n) is 12.3. The molecule has 0 spiro atoms. The second kappa shape index (κ2) is 17.6. The summed E-state index contributed by atoms with van der Waals surface area (Å²) < 4.78 is 35.8. The van der Waals surface area contributed by atoms with Crippen LogP contribution in [0.15, 0.2) is 112 Å². The lowest BCUT2D eigenvalue weighted by atomic mass is 9.72. The lowest BCUT2D eigenvalue weighted by Crippen LogP contribution is -2.28. The highest BCUT2D eigenvalue weighted by Crippen LogP contribution is 2.56. The molecule has 7 aromatic rings. The highest BCUT2D eigenvalue weighted by atomic mass is 31.1. The minimum atomic E-state index is -1.98. The summed E-state index contributed by atoms with van der Waals surface area (Å²) >= 11 is 0. The third kappa shape index (κ3) is 9.64. The van der Waals surface area contributed by atoms with Gasteiger partial charge in [-0.2, -0.15) is 0 Å². The molecule has 2 atom stereocenters. The molecule has 0 aliphatic heterocycles. The van der Waals surface area contributed by atoms with E-state index in [9.17, 15) is 0 Å². The maximum Gasteiger partial charge on any atom is 0.453 e. The van der Waals surface area contributed by atoms with Crippen LogP contribution in [0.2, 0.25) is 0 Å². The largest absolute Gasteiger partial charge is 0.479 e. The Balaban J connectivity index is 1.56. The number of hydrogen-bond donors (Lipinski definition) is 0. The summed E-state index contributed by atoms with van der Waals surface area (Å²) in [6.07, 6.45) is 1.75. The molecule has 0 radical (unpaired) electrons. The predicted molar refractivity (Wildman–Crippen MR) is 275 cm³/mol. The van der Waals surface area contributed by atoms with Crippen LogP contribution in [0.5, 0.6) is 17.2 Å². The van der Waals surface area contributed by atoms with Crippen molar-refractivity contribution in [1.29, 1.82) is 0 Å². The zero-order chi connectivity index (χ0) is 46.6. The zero-order valence-corrected chi connectivity index (χ0v) is 43.1. The van der Waals surface area contributed by atoms with Crippen LogP contribution in [-0.4, -0.2) is 5.34 Å². The van der Waals surface area contributed by atoms with E-state index in [-0.39, 0.29) is 30.5 Å². The summed E-state index contributed by atoms with van der Waals surface area (Å²) in [6, 6.07) is 35.8. The summed E-state index contributed by atoms with van der Waals surface area (Å²) in [5.41, 5.74) is 9.61. The van der Waals surface area contributed by atoms with Gasteiger partial charge in [-0.05, 0) is 94.7 Å². The minimum Gasteiger partial charge on any atom is -0.479 e. The van der Waals surface area contributed by atoms with Crippen molar-refractivity contribution in [1.82, 2.24) is 0 Å². The molecule has 2 unspecified atom stereocenters. The summed E-state index contributed by atoms with van der Waals surface area (Å²) in [5, 5.41) is 3.58. The van der Waals surface area contributed by atoms with Gasteiger partial charge in [-0.3, -0.25) is 0 Å². The van der Waals surface area contributed by atoms with E-state index in [0.717, 1.165) is 96.2 Å². The first kappa shape index (κ1) is 47.3. The van der Waals surface area contributed by atoms with Gasteiger partial charge in [0.25, 0.3) is 0 Å². The van der Waals surface area contributed by atoms with E-state index in [1.165, 1.54) is 11.1 Å². The van der Waals surface area contributed by atoms with Crippen molar-refractivity contribution in [2.75, 3.05) is 0 Å². The molecule has 0 fully saturated rings. The smallest absolute Gasteiger partial charge is 0.453 e. The average molecular weight is 897 g/mol. The summed E-state index contributed by atoms with van der Waals surface area (Å²) in [7, 11) is -2.01. The van der Waals surface area contributed by atoms with Crippen molar-refractivity contribution in [2.45, 2.75) is 151 Å². The van der Waals surface area contributed by atoms with Crippen LogP contribution in [0.3, 0.4) is 0 Å². The quantitative estimate of drug-likeness (QED) is 0.128. The zero-order valence-electron chi connectivity index (χ0n) is 41.2. The molecular weight excluding hydrogens is 827 g/mol. The number of fused-ring (bicyclic) bond motifs is 4. The molecule has 7 heteroatoms. The van der Waals surface area contributed by atoms with Gasteiger partial charge in [0, 0.05) is 38.4 Å². The molecule has 5 nitrogen and oxygen atoms in total. The standard InChI is InChI=1S/C57H70O5P2/c1-17-33-57(16,58-46-32-24-26-38-25-18-19-27-39(38)46)63-59-51-44(55(10,11)12)34-42(53(4,5)6)36(2)49(51)50-37(3)43(54(7,8)9)35-45(56(13,14)15)52(50)62-64-60-47-30-22-20-28-40(47)41-29-21-23-31-48(41)61-64/h18-32,34-35,63H,17,33H2,1-16H3. The first-order valence-corrected chi connectivity index (χ1v) is 24.9. The first-order chi connectivity index (χ1) is 29.9.